The normalized spacial score (nSPS) is 11.4. The van der Waals surface area contributed by atoms with Gasteiger partial charge in [0.05, 0.1) is 13.0 Å². The van der Waals surface area contributed by atoms with E-state index in [-0.39, 0.29) is 11.8 Å². The predicted octanol–water partition coefficient (Wildman–Crippen LogP) is 3.74. The molecule has 0 radical (unpaired) electrons. The van der Waals surface area contributed by atoms with Crippen LogP contribution in [0.3, 0.4) is 0 Å². The molecule has 1 rings (SSSR count). The van der Waals surface area contributed by atoms with Crippen molar-refractivity contribution in [2.45, 2.75) is 46.2 Å². The summed E-state index contributed by atoms with van der Waals surface area (Å²) in [6.07, 6.45) is -3.03. The highest BCUT2D eigenvalue weighted by Gasteiger charge is 2.38. The summed E-state index contributed by atoms with van der Waals surface area (Å²) in [6.45, 7) is 8.63. The maximum absolute atomic E-state index is 10.6. The zero-order valence-electron chi connectivity index (χ0n) is 16.3. The van der Waals surface area contributed by atoms with E-state index in [2.05, 4.69) is 38.2 Å². The number of hydrogen-bond acceptors (Lipinski definition) is 4. The van der Waals surface area contributed by atoms with Gasteiger partial charge in [0.1, 0.15) is 5.75 Å². The topological polar surface area (TPSA) is 95.9 Å². The summed E-state index contributed by atoms with van der Waals surface area (Å²) in [5.41, 5.74) is 1.48. The van der Waals surface area contributed by atoms with Crippen molar-refractivity contribution in [3.05, 3.63) is 29.8 Å². The van der Waals surface area contributed by atoms with Gasteiger partial charge in [-0.25, -0.2) is 4.79 Å². The minimum absolute atomic E-state index is 0.163. The molecule has 1 aromatic rings. The minimum Gasteiger partial charge on any atom is -0.494 e. The van der Waals surface area contributed by atoms with E-state index in [0.717, 1.165) is 31.7 Å². The SMILES string of the molecule is CC(C)(C)CCOc1cccc(CCNCCC(=O)O)c1.O=C(O)C(F)(F)F. The molecule has 0 unspecified atom stereocenters. The van der Waals surface area contributed by atoms with Gasteiger partial charge in [-0.2, -0.15) is 13.2 Å². The lowest BCUT2D eigenvalue weighted by atomic mass is 9.93. The number of alkyl halides is 3. The number of aliphatic carboxylic acids is 2. The molecule has 6 nitrogen and oxygen atoms in total. The molecule has 0 saturated carbocycles. The molecular weight excluding hydrogens is 379 g/mol. The van der Waals surface area contributed by atoms with Crippen molar-refractivity contribution >= 4 is 11.9 Å². The number of halogens is 3. The number of nitrogens with one attached hydrogen (secondary N) is 1. The van der Waals surface area contributed by atoms with Gasteiger partial charge in [-0.05, 0) is 42.5 Å². The van der Waals surface area contributed by atoms with Crippen molar-refractivity contribution in [1.82, 2.24) is 5.32 Å². The number of carbonyl (C=O) groups is 2. The molecule has 0 bridgehead atoms. The van der Waals surface area contributed by atoms with Crippen LogP contribution in [0.5, 0.6) is 5.75 Å². The predicted molar refractivity (Wildman–Crippen MR) is 98.5 cm³/mol. The zero-order chi connectivity index (χ0) is 21.8. The van der Waals surface area contributed by atoms with Gasteiger partial charge >= 0.3 is 18.1 Å². The van der Waals surface area contributed by atoms with Gasteiger partial charge in [0.2, 0.25) is 0 Å². The van der Waals surface area contributed by atoms with Crippen molar-refractivity contribution in [2.75, 3.05) is 19.7 Å². The molecule has 0 aliphatic carbocycles. The number of rotatable bonds is 9. The van der Waals surface area contributed by atoms with E-state index < -0.39 is 18.1 Å². The van der Waals surface area contributed by atoms with Crippen LogP contribution in [0.15, 0.2) is 24.3 Å². The largest absolute Gasteiger partial charge is 0.494 e. The second-order valence-corrected chi connectivity index (χ2v) is 7.25. The molecule has 160 valence electrons. The second-order valence-electron chi connectivity index (χ2n) is 7.25. The molecule has 0 aliphatic heterocycles. The quantitative estimate of drug-likeness (QED) is 0.540. The third kappa shape index (κ3) is 14.8. The first-order chi connectivity index (χ1) is 12.8. The summed E-state index contributed by atoms with van der Waals surface area (Å²) in [5, 5.41) is 18.8. The molecule has 0 spiro atoms. The monoisotopic (exact) mass is 407 g/mol. The Morgan fingerprint density at radius 1 is 1.11 bits per heavy atom. The van der Waals surface area contributed by atoms with Gasteiger partial charge in [-0.3, -0.25) is 4.79 Å². The fourth-order valence-corrected chi connectivity index (χ4v) is 1.82. The highest BCUT2D eigenvalue weighted by molar-refractivity contribution is 5.73. The van der Waals surface area contributed by atoms with Crippen molar-refractivity contribution < 1.29 is 37.7 Å². The summed E-state index contributed by atoms with van der Waals surface area (Å²) in [6, 6.07) is 8.10. The van der Waals surface area contributed by atoms with Crippen molar-refractivity contribution in [1.29, 1.82) is 0 Å². The van der Waals surface area contributed by atoms with E-state index in [1.165, 1.54) is 5.56 Å². The molecule has 0 saturated heterocycles. The van der Waals surface area contributed by atoms with Crippen LogP contribution in [0.1, 0.15) is 39.2 Å². The first-order valence-corrected chi connectivity index (χ1v) is 8.75. The number of carboxylic acids is 2. The Morgan fingerprint density at radius 3 is 2.21 bits per heavy atom. The Kier molecular flexibility index (Phi) is 11.2. The van der Waals surface area contributed by atoms with Crippen LogP contribution in [0.2, 0.25) is 0 Å². The van der Waals surface area contributed by atoms with E-state index in [9.17, 15) is 18.0 Å². The third-order valence-electron chi connectivity index (χ3n) is 3.37. The lowest BCUT2D eigenvalue weighted by Gasteiger charge is -2.18. The van der Waals surface area contributed by atoms with Crippen molar-refractivity contribution in [3.63, 3.8) is 0 Å². The minimum atomic E-state index is -5.08. The average molecular weight is 407 g/mol. The molecule has 1 aromatic carbocycles. The van der Waals surface area contributed by atoms with E-state index in [4.69, 9.17) is 19.7 Å². The van der Waals surface area contributed by atoms with Crippen LogP contribution in [0, 0.1) is 5.41 Å². The maximum Gasteiger partial charge on any atom is 0.490 e. The van der Waals surface area contributed by atoms with Crippen LogP contribution in [-0.4, -0.2) is 48.0 Å². The Morgan fingerprint density at radius 2 is 1.71 bits per heavy atom. The summed E-state index contributed by atoms with van der Waals surface area (Å²) in [5.74, 6) is -2.62. The lowest BCUT2D eigenvalue weighted by molar-refractivity contribution is -0.192. The van der Waals surface area contributed by atoms with E-state index in [1.54, 1.807) is 0 Å². The molecule has 0 aliphatic rings. The molecule has 9 heteroatoms. The summed E-state index contributed by atoms with van der Waals surface area (Å²) in [7, 11) is 0. The molecule has 3 N–H and O–H groups in total. The number of carboxylic acid groups (broad SMARTS) is 2. The molecule has 0 aromatic heterocycles. The van der Waals surface area contributed by atoms with E-state index >= 15 is 0 Å². The first-order valence-electron chi connectivity index (χ1n) is 8.75. The number of hydrogen-bond donors (Lipinski definition) is 3. The van der Waals surface area contributed by atoms with Crippen LogP contribution < -0.4 is 10.1 Å². The Hall–Kier alpha value is -2.29. The Balaban J connectivity index is 0.000000887. The highest BCUT2D eigenvalue weighted by Crippen LogP contribution is 2.20. The fourth-order valence-electron chi connectivity index (χ4n) is 1.82. The maximum atomic E-state index is 10.6. The van der Waals surface area contributed by atoms with Gasteiger partial charge in [0.25, 0.3) is 0 Å². The Bertz CT molecular complexity index is 612. The van der Waals surface area contributed by atoms with E-state index in [1.807, 2.05) is 12.1 Å². The fraction of sp³-hybridized carbons (Fsp3) is 0.579. The third-order valence-corrected chi connectivity index (χ3v) is 3.37. The summed E-state index contributed by atoms with van der Waals surface area (Å²) >= 11 is 0. The molecule has 0 fully saturated rings. The molecule has 0 atom stereocenters. The summed E-state index contributed by atoms with van der Waals surface area (Å²) in [4.78, 5) is 19.3. The van der Waals surface area contributed by atoms with Gasteiger partial charge in [-0.15, -0.1) is 0 Å². The van der Waals surface area contributed by atoms with Crippen molar-refractivity contribution in [2.24, 2.45) is 5.41 Å². The number of benzene rings is 1. The van der Waals surface area contributed by atoms with Gasteiger partial charge in [0, 0.05) is 6.54 Å². The van der Waals surface area contributed by atoms with Crippen LogP contribution in [0.4, 0.5) is 13.2 Å². The van der Waals surface area contributed by atoms with Gasteiger partial charge < -0.3 is 20.3 Å². The van der Waals surface area contributed by atoms with Gasteiger partial charge in [-0.1, -0.05) is 32.9 Å². The molecule has 0 heterocycles. The molecular formula is C19H28F3NO5. The zero-order valence-corrected chi connectivity index (χ0v) is 16.3. The van der Waals surface area contributed by atoms with Crippen LogP contribution >= 0.6 is 0 Å². The van der Waals surface area contributed by atoms with Gasteiger partial charge in [0.15, 0.2) is 0 Å². The summed E-state index contributed by atoms with van der Waals surface area (Å²) < 4.78 is 37.5. The van der Waals surface area contributed by atoms with E-state index in [0.29, 0.717) is 6.54 Å². The smallest absolute Gasteiger partial charge is 0.490 e. The molecule has 0 amide bonds. The Labute approximate surface area is 162 Å². The average Bonchev–Trinajstić information content (AvgIpc) is 2.53. The second kappa shape index (κ2) is 12.2. The highest BCUT2D eigenvalue weighted by atomic mass is 19.4. The van der Waals surface area contributed by atoms with Crippen LogP contribution in [-0.2, 0) is 16.0 Å². The first kappa shape index (κ1) is 25.7. The van der Waals surface area contributed by atoms with Crippen molar-refractivity contribution in [3.8, 4) is 5.75 Å². The molecule has 28 heavy (non-hydrogen) atoms. The number of ether oxygens (including phenoxy) is 1. The standard InChI is InChI=1S/C17H27NO3.C2HF3O2/c1-17(2,3)9-12-21-15-6-4-5-14(13-15)7-10-18-11-8-16(19)20;3-2(4,5)1(6)7/h4-6,13,18H,7-12H2,1-3H3,(H,19,20);(H,6,7). The van der Waals surface area contributed by atoms with Crippen LogP contribution in [0.25, 0.3) is 0 Å². The lowest BCUT2D eigenvalue weighted by Crippen LogP contribution is -2.21.